The summed E-state index contributed by atoms with van der Waals surface area (Å²) in [7, 11) is 0. The zero-order chi connectivity index (χ0) is 6.69. The van der Waals surface area contributed by atoms with Gasteiger partial charge in [0.05, 0.1) is 0 Å². The maximum absolute atomic E-state index is 10.3. The number of nitrogens with zero attached hydrogens (tertiary/aromatic N) is 2. The molecule has 0 bridgehead atoms. The van der Waals surface area contributed by atoms with Crippen molar-refractivity contribution in [1.29, 1.82) is 0 Å². The average Bonchev–Trinajstić information content (AvgIpc) is 2.15. The van der Waals surface area contributed by atoms with Gasteiger partial charge in [0.25, 0.3) is 0 Å². The Hall–Kier alpha value is -0.970. The first-order valence-electron chi connectivity index (χ1n) is 2.26. The molecule has 0 saturated heterocycles. The van der Waals surface area contributed by atoms with Crippen molar-refractivity contribution in [2.24, 2.45) is 0 Å². The quantitative estimate of drug-likeness (QED) is 0.613. The molecule has 1 aromatic rings. The van der Waals surface area contributed by atoms with Crippen molar-refractivity contribution in [3.63, 3.8) is 0 Å². The van der Waals surface area contributed by atoms with Gasteiger partial charge >= 0.3 is 0 Å². The van der Waals surface area contributed by atoms with Crippen LogP contribution in [0.1, 0.15) is 6.92 Å². The highest BCUT2D eigenvalue weighted by Gasteiger charge is 1.96. The van der Waals surface area contributed by atoms with Crippen molar-refractivity contribution >= 4 is 23.4 Å². The maximum atomic E-state index is 10.3. The van der Waals surface area contributed by atoms with Gasteiger partial charge in [-0.15, -0.1) is 0 Å². The van der Waals surface area contributed by atoms with Crippen LogP contribution in [0.5, 0.6) is 0 Å². The normalized spacial score (nSPS) is 9.00. The summed E-state index contributed by atoms with van der Waals surface area (Å²) in [6, 6.07) is 0. The van der Waals surface area contributed by atoms with Gasteiger partial charge in [-0.1, -0.05) is 0 Å². The Morgan fingerprint density at radius 2 is 2.67 bits per heavy atom. The molecule has 1 radical (unpaired) electrons. The molecule has 1 N–H and O–H groups in total. The second-order valence-corrected chi connectivity index (χ2v) is 1.94. The number of aromatic nitrogens is 2. The van der Waals surface area contributed by atoms with Crippen molar-refractivity contribution in [2.75, 3.05) is 5.32 Å². The lowest BCUT2D eigenvalue weighted by molar-refractivity contribution is -0.114. The first kappa shape index (κ1) is 6.15. The van der Waals surface area contributed by atoms with Crippen LogP contribution < -0.4 is 5.32 Å². The van der Waals surface area contributed by atoms with Gasteiger partial charge in [-0.05, 0) is 11.5 Å². The second kappa shape index (κ2) is 2.54. The molecule has 5 heteroatoms. The molecule has 0 aromatic carbocycles. The number of rotatable bonds is 1. The average molecular weight is 142 g/mol. The number of hydrogen-bond acceptors (Lipinski definition) is 4. The van der Waals surface area contributed by atoms with Crippen LogP contribution in [0, 0.1) is 5.51 Å². The topological polar surface area (TPSA) is 54.9 Å². The summed E-state index contributed by atoms with van der Waals surface area (Å²) >= 11 is 1.08. The summed E-state index contributed by atoms with van der Waals surface area (Å²) in [5.74, 6) is 0.161. The van der Waals surface area contributed by atoms with Gasteiger partial charge in [-0.2, -0.15) is 9.36 Å². The summed E-state index contributed by atoms with van der Waals surface area (Å²) < 4.78 is 3.70. The highest BCUT2D eigenvalue weighted by Crippen LogP contribution is 1.97. The maximum Gasteiger partial charge on any atom is 0.241 e. The number of hydrogen-bond donors (Lipinski definition) is 1. The molecule has 4 nitrogen and oxygen atoms in total. The Labute approximate surface area is 56.1 Å². The van der Waals surface area contributed by atoms with E-state index in [1.807, 2.05) is 0 Å². The van der Waals surface area contributed by atoms with E-state index in [1.54, 1.807) is 0 Å². The van der Waals surface area contributed by atoms with E-state index in [9.17, 15) is 4.79 Å². The van der Waals surface area contributed by atoms with Crippen molar-refractivity contribution in [1.82, 2.24) is 9.36 Å². The van der Waals surface area contributed by atoms with Gasteiger partial charge < -0.3 is 0 Å². The fourth-order valence-electron chi connectivity index (χ4n) is 0.356. The lowest BCUT2D eigenvalue weighted by Crippen LogP contribution is -2.06. The van der Waals surface area contributed by atoms with Gasteiger partial charge in [0.2, 0.25) is 11.9 Å². The largest absolute Gasteiger partial charge is 0.294 e. The Morgan fingerprint density at radius 1 is 1.89 bits per heavy atom. The minimum atomic E-state index is -0.165. The van der Waals surface area contributed by atoms with Crippen molar-refractivity contribution in [3.05, 3.63) is 5.51 Å². The highest BCUT2D eigenvalue weighted by atomic mass is 32.1. The summed E-state index contributed by atoms with van der Waals surface area (Å²) in [5.41, 5.74) is 2.50. The van der Waals surface area contributed by atoms with Crippen LogP contribution in [0.4, 0.5) is 5.95 Å². The molecular weight excluding hydrogens is 138 g/mol. The fraction of sp³-hybridized carbons (Fsp3) is 0.250. The van der Waals surface area contributed by atoms with E-state index in [-0.39, 0.29) is 5.91 Å². The molecule has 1 rings (SSSR count). The number of carbonyl (C=O) groups excluding carboxylic acids is 1. The Morgan fingerprint density at radius 3 is 3.11 bits per heavy atom. The summed E-state index contributed by atoms with van der Waals surface area (Å²) in [6.07, 6.45) is 0. The molecule has 0 aliphatic carbocycles. The van der Waals surface area contributed by atoms with Crippen LogP contribution in [0.3, 0.4) is 0 Å². The number of carbonyl (C=O) groups is 1. The third kappa shape index (κ3) is 1.77. The zero-order valence-corrected chi connectivity index (χ0v) is 5.53. The molecule has 0 aliphatic heterocycles. The Bertz CT molecular complexity index is 196. The lowest BCUT2D eigenvalue weighted by Gasteiger charge is -1.89. The monoisotopic (exact) mass is 142 g/mol. The van der Waals surface area contributed by atoms with Crippen LogP contribution >= 0.6 is 11.5 Å². The molecule has 9 heavy (non-hydrogen) atoms. The molecule has 0 saturated carbocycles. The minimum Gasteiger partial charge on any atom is -0.294 e. The molecule has 0 spiro atoms. The molecule has 0 aliphatic rings. The predicted octanol–water partition coefficient (Wildman–Crippen LogP) is 0.297. The number of anilines is 1. The molecule has 47 valence electrons. The highest BCUT2D eigenvalue weighted by molar-refractivity contribution is 7.02. The first-order chi connectivity index (χ1) is 4.29. The molecular formula is C4H4N3OS. The van der Waals surface area contributed by atoms with E-state index >= 15 is 0 Å². The zero-order valence-electron chi connectivity index (χ0n) is 4.71. The van der Waals surface area contributed by atoms with E-state index in [2.05, 4.69) is 20.2 Å². The second-order valence-electron chi connectivity index (χ2n) is 1.39. The SMILES string of the molecule is CC(=O)Nc1n[c]sn1. The minimum absolute atomic E-state index is 0.165. The number of nitrogens with one attached hydrogen (secondary N) is 1. The van der Waals surface area contributed by atoms with E-state index in [0.717, 1.165) is 11.5 Å². The van der Waals surface area contributed by atoms with Crippen LogP contribution in [0.15, 0.2) is 0 Å². The molecule has 1 heterocycles. The van der Waals surface area contributed by atoms with Crippen molar-refractivity contribution in [2.45, 2.75) is 6.92 Å². The van der Waals surface area contributed by atoms with Gasteiger partial charge in [-0.3, -0.25) is 10.1 Å². The Kier molecular flexibility index (Phi) is 1.74. The molecule has 0 fully saturated rings. The van der Waals surface area contributed by atoms with Crippen LogP contribution in [0.2, 0.25) is 0 Å². The van der Waals surface area contributed by atoms with Gasteiger partial charge in [-0.25, -0.2) is 0 Å². The van der Waals surface area contributed by atoms with Gasteiger partial charge in [0.1, 0.15) is 0 Å². The first-order valence-corrected chi connectivity index (χ1v) is 3.04. The van der Waals surface area contributed by atoms with Gasteiger partial charge in [0.15, 0.2) is 5.51 Å². The molecule has 0 unspecified atom stereocenters. The van der Waals surface area contributed by atoms with Gasteiger partial charge in [0, 0.05) is 6.92 Å². The Balaban J connectivity index is 2.58. The third-order valence-electron chi connectivity index (χ3n) is 0.612. The summed E-state index contributed by atoms with van der Waals surface area (Å²) in [6.45, 7) is 1.40. The molecule has 1 amide bonds. The molecule has 0 atom stereocenters. The van der Waals surface area contributed by atoms with Crippen LogP contribution in [0.25, 0.3) is 0 Å². The van der Waals surface area contributed by atoms with E-state index < -0.39 is 0 Å². The van der Waals surface area contributed by atoms with E-state index in [0.29, 0.717) is 5.95 Å². The lowest BCUT2D eigenvalue weighted by atomic mass is 10.7. The fourth-order valence-corrected chi connectivity index (χ4v) is 0.697. The van der Waals surface area contributed by atoms with E-state index in [4.69, 9.17) is 0 Å². The van der Waals surface area contributed by atoms with Crippen molar-refractivity contribution in [3.8, 4) is 0 Å². The van der Waals surface area contributed by atoms with Crippen molar-refractivity contribution < 1.29 is 4.79 Å². The van der Waals surface area contributed by atoms with E-state index in [1.165, 1.54) is 6.92 Å². The smallest absolute Gasteiger partial charge is 0.241 e. The summed E-state index contributed by atoms with van der Waals surface area (Å²) in [5, 5.41) is 2.40. The molecule has 1 aromatic heterocycles. The standard InChI is InChI=1S/C4H4N3OS/c1-3(8)6-4-5-2-9-7-4/h1H3,(H,6,7,8). The van der Waals surface area contributed by atoms with Crippen LogP contribution in [-0.4, -0.2) is 15.3 Å². The number of amides is 1. The third-order valence-corrected chi connectivity index (χ3v) is 1.05. The summed E-state index contributed by atoms with van der Waals surface area (Å²) in [4.78, 5) is 13.9. The van der Waals surface area contributed by atoms with Crippen LogP contribution in [-0.2, 0) is 4.79 Å². The predicted molar refractivity (Wildman–Crippen MR) is 33.0 cm³/mol.